The van der Waals surface area contributed by atoms with Crippen LogP contribution in [0.5, 0.6) is 5.75 Å². The van der Waals surface area contributed by atoms with Crippen molar-refractivity contribution in [2.24, 2.45) is 11.8 Å². The van der Waals surface area contributed by atoms with Crippen molar-refractivity contribution in [2.45, 2.75) is 51.3 Å². The van der Waals surface area contributed by atoms with Crippen molar-refractivity contribution in [2.75, 3.05) is 13.1 Å². The van der Waals surface area contributed by atoms with Crippen LogP contribution in [-0.4, -0.2) is 60.4 Å². The van der Waals surface area contributed by atoms with Gasteiger partial charge in [0.1, 0.15) is 12.4 Å². The molecule has 226 valence electrons. The molecule has 1 fully saturated rings. The van der Waals surface area contributed by atoms with E-state index in [0.29, 0.717) is 55.1 Å². The molecular weight excluding hydrogens is 626 g/mol. The minimum absolute atomic E-state index is 0.0754. The molecule has 10 nitrogen and oxygen atoms in total. The van der Waals surface area contributed by atoms with Gasteiger partial charge in [-0.25, -0.2) is 0 Å². The molecule has 2 aromatic heterocycles. The number of rotatable bonds is 7. The van der Waals surface area contributed by atoms with E-state index < -0.39 is 23.8 Å². The number of carbonyl (C=O) groups is 3. The van der Waals surface area contributed by atoms with Gasteiger partial charge in [0.05, 0.1) is 17.9 Å². The number of aromatic nitrogens is 3. The number of pyridine rings is 1. The van der Waals surface area contributed by atoms with E-state index in [2.05, 4.69) is 26.1 Å². The van der Waals surface area contributed by atoms with E-state index in [4.69, 9.17) is 4.74 Å². The standard InChI is InChI=1S/C33H32BrN5O5/c34-25-12-13-27(44-19-29-36-35-28-11-5-6-15-39(28)29)30-24(25)14-16-38(32(41)22-9-3-4-10-23(22)33(42)43)26(30)18-37-17-20-7-1-2-8-21(20)31(37)40/h1-2,5-8,11-13,15,22-23,26H,3-4,9-10,14,16-19H2,(H,42,43)/t22-,23+,26?/m1/s1. The third-order valence-electron chi connectivity index (χ3n) is 9.29. The molecule has 0 bridgehead atoms. The molecule has 4 aromatic rings. The Morgan fingerprint density at radius 1 is 1.00 bits per heavy atom. The summed E-state index contributed by atoms with van der Waals surface area (Å²) in [5.74, 6) is -1.24. The first-order chi connectivity index (χ1) is 21.4. The molecule has 11 heteroatoms. The van der Waals surface area contributed by atoms with Gasteiger partial charge in [-0.05, 0) is 60.7 Å². The lowest BCUT2D eigenvalue weighted by Gasteiger charge is -2.43. The SMILES string of the molecule is O=C(O)[C@H]1CCCC[C@H]1C(=O)N1CCc2c(Br)ccc(OCc3nnc4ccccn34)c2C1CN1Cc2ccccc2C1=O. The number of aliphatic carboxylic acids is 1. The highest BCUT2D eigenvalue weighted by molar-refractivity contribution is 9.10. The number of nitrogens with zero attached hydrogens (tertiary/aromatic N) is 5. The number of halogens is 1. The van der Waals surface area contributed by atoms with Gasteiger partial charge in [-0.2, -0.15) is 0 Å². The Hall–Kier alpha value is -4.25. The maximum absolute atomic E-state index is 14.3. The molecule has 1 aliphatic carbocycles. The number of amides is 2. The summed E-state index contributed by atoms with van der Waals surface area (Å²) in [5, 5.41) is 18.5. The van der Waals surface area contributed by atoms with Crippen molar-refractivity contribution >= 4 is 39.4 Å². The van der Waals surface area contributed by atoms with Gasteiger partial charge >= 0.3 is 5.97 Å². The molecule has 0 spiro atoms. The molecule has 1 saturated carbocycles. The van der Waals surface area contributed by atoms with Gasteiger partial charge in [0, 0.05) is 41.4 Å². The Kier molecular flexibility index (Phi) is 7.57. The number of benzene rings is 2. The van der Waals surface area contributed by atoms with Gasteiger partial charge < -0.3 is 19.6 Å². The first kappa shape index (κ1) is 28.5. The number of carboxylic acid groups (broad SMARTS) is 1. The predicted molar refractivity (Wildman–Crippen MR) is 164 cm³/mol. The summed E-state index contributed by atoms with van der Waals surface area (Å²) >= 11 is 3.73. The molecule has 2 aromatic carbocycles. The Labute approximate surface area is 262 Å². The number of ether oxygens (including phenoxy) is 1. The van der Waals surface area contributed by atoms with Gasteiger partial charge in [-0.3, -0.25) is 18.8 Å². The van der Waals surface area contributed by atoms with Crippen LogP contribution < -0.4 is 4.74 Å². The lowest BCUT2D eigenvalue weighted by atomic mass is 9.77. The largest absolute Gasteiger partial charge is 0.485 e. The lowest BCUT2D eigenvalue weighted by Crippen LogP contribution is -2.50. The summed E-state index contributed by atoms with van der Waals surface area (Å²) in [5.41, 5.74) is 4.19. The molecule has 3 atom stereocenters. The fourth-order valence-electron chi connectivity index (χ4n) is 7.10. The second kappa shape index (κ2) is 11.7. The molecule has 2 aliphatic heterocycles. The van der Waals surface area contributed by atoms with Crippen molar-refractivity contribution in [1.29, 1.82) is 0 Å². The van der Waals surface area contributed by atoms with Crippen molar-refractivity contribution in [3.8, 4) is 5.75 Å². The molecule has 7 rings (SSSR count). The second-order valence-corrected chi connectivity index (χ2v) is 12.6. The molecule has 4 heterocycles. The average Bonchev–Trinajstić information content (AvgIpc) is 3.61. The zero-order valence-electron chi connectivity index (χ0n) is 24.1. The fraction of sp³-hybridized carbons (Fsp3) is 0.364. The second-order valence-electron chi connectivity index (χ2n) is 11.7. The van der Waals surface area contributed by atoms with Gasteiger partial charge in [0.15, 0.2) is 11.5 Å². The molecule has 44 heavy (non-hydrogen) atoms. The van der Waals surface area contributed by atoms with Gasteiger partial charge in [-0.15, -0.1) is 10.2 Å². The van der Waals surface area contributed by atoms with Crippen molar-refractivity contribution < 1.29 is 24.2 Å². The van der Waals surface area contributed by atoms with Crippen LogP contribution in [-0.2, 0) is 29.2 Å². The molecule has 3 aliphatic rings. The highest BCUT2D eigenvalue weighted by atomic mass is 79.9. The molecule has 1 N–H and O–H groups in total. The minimum Gasteiger partial charge on any atom is -0.485 e. The van der Waals surface area contributed by atoms with Crippen LogP contribution in [0, 0.1) is 11.8 Å². The van der Waals surface area contributed by atoms with Crippen LogP contribution in [0.4, 0.5) is 0 Å². The lowest BCUT2D eigenvalue weighted by molar-refractivity contribution is -0.153. The Morgan fingerprint density at radius 2 is 1.80 bits per heavy atom. The van der Waals surface area contributed by atoms with E-state index in [-0.39, 0.29) is 25.0 Å². The summed E-state index contributed by atoms with van der Waals surface area (Å²) in [4.78, 5) is 43.7. The van der Waals surface area contributed by atoms with Gasteiger partial charge in [-0.1, -0.05) is 53.0 Å². The zero-order chi connectivity index (χ0) is 30.4. The van der Waals surface area contributed by atoms with Crippen LogP contribution >= 0.6 is 15.9 Å². The van der Waals surface area contributed by atoms with Crippen molar-refractivity contribution in [3.05, 3.63) is 93.3 Å². The third-order valence-corrected chi connectivity index (χ3v) is 10.0. The van der Waals surface area contributed by atoms with E-state index in [1.807, 2.05) is 70.1 Å². The zero-order valence-corrected chi connectivity index (χ0v) is 25.6. The molecule has 0 saturated heterocycles. The number of fused-ring (bicyclic) bond motifs is 3. The summed E-state index contributed by atoms with van der Waals surface area (Å²) in [7, 11) is 0. The van der Waals surface area contributed by atoms with E-state index in [1.165, 1.54) is 0 Å². The monoisotopic (exact) mass is 657 g/mol. The highest BCUT2D eigenvalue weighted by Gasteiger charge is 2.44. The van der Waals surface area contributed by atoms with Crippen LogP contribution in [0.3, 0.4) is 0 Å². The fourth-order valence-corrected chi connectivity index (χ4v) is 7.64. The molecular formula is C33H32BrN5O5. The summed E-state index contributed by atoms with van der Waals surface area (Å²) < 4.78 is 9.22. The first-order valence-corrected chi connectivity index (χ1v) is 15.8. The maximum Gasteiger partial charge on any atom is 0.307 e. The minimum atomic E-state index is -0.922. The average molecular weight is 659 g/mol. The van der Waals surface area contributed by atoms with Crippen molar-refractivity contribution in [1.82, 2.24) is 24.4 Å². The van der Waals surface area contributed by atoms with E-state index in [1.54, 1.807) is 4.90 Å². The number of hydrogen-bond acceptors (Lipinski definition) is 6. The highest BCUT2D eigenvalue weighted by Crippen LogP contribution is 2.44. The predicted octanol–water partition coefficient (Wildman–Crippen LogP) is 5.04. The third kappa shape index (κ3) is 5.02. The van der Waals surface area contributed by atoms with Crippen LogP contribution in [0.2, 0.25) is 0 Å². The molecule has 0 radical (unpaired) electrons. The number of carbonyl (C=O) groups excluding carboxylic acids is 2. The van der Waals surface area contributed by atoms with E-state index in [0.717, 1.165) is 34.0 Å². The quantitative estimate of drug-likeness (QED) is 0.296. The van der Waals surface area contributed by atoms with Crippen molar-refractivity contribution in [3.63, 3.8) is 0 Å². The summed E-state index contributed by atoms with van der Waals surface area (Å²) in [6, 6.07) is 16.6. The number of carboxylic acids is 1. The first-order valence-electron chi connectivity index (χ1n) is 15.0. The van der Waals surface area contributed by atoms with Crippen LogP contribution in [0.25, 0.3) is 5.65 Å². The molecule has 1 unspecified atom stereocenters. The topological polar surface area (TPSA) is 117 Å². The molecule has 2 amide bonds. The Bertz CT molecular complexity index is 1770. The summed E-state index contributed by atoms with van der Waals surface area (Å²) in [6.45, 7) is 1.28. The maximum atomic E-state index is 14.3. The smallest absolute Gasteiger partial charge is 0.307 e. The Balaban J connectivity index is 1.26. The van der Waals surface area contributed by atoms with Gasteiger partial charge in [0.25, 0.3) is 5.91 Å². The van der Waals surface area contributed by atoms with Gasteiger partial charge in [0.2, 0.25) is 5.91 Å². The van der Waals surface area contributed by atoms with E-state index >= 15 is 0 Å². The van der Waals surface area contributed by atoms with Crippen LogP contribution in [0.15, 0.2) is 65.3 Å². The summed E-state index contributed by atoms with van der Waals surface area (Å²) in [6.07, 6.45) is 5.11. The van der Waals surface area contributed by atoms with E-state index in [9.17, 15) is 19.5 Å². The van der Waals surface area contributed by atoms with Crippen LogP contribution in [0.1, 0.15) is 64.6 Å². The normalized spacial score (nSPS) is 21.3. The number of hydrogen-bond donors (Lipinski definition) is 1. The Morgan fingerprint density at radius 3 is 2.61 bits per heavy atom.